The number of nitrogen functional groups attached to an aromatic ring is 1. The number of rotatable bonds is 6. The minimum Gasteiger partial charge on any atom is -0.452 e. The highest BCUT2D eigenvalue weighted by Crippen LogP contribution is 2.18. The van der Waals surface area contributed by atoms with E-state index < -0.39 is 34.4 Å². The molecule has 146 valence electrons. The lowest BCUT2D eigenvalue weighted by Gasteiger charge is -2.27. The number of sulfone groups is 1. The summed E-state index contributed by atoms with van der Waals surface area (Å²) in [7, 11) is -3.34. The molecule has 1 heterocycles. The van der Waals surface area contributed by atoms with Gasteiger partial charge in [-0.1, -0.05) is 30.3 Å². The zero-order valence-electron chi connectivity index (χ0n) is 15.0. The van der Waals surface area contributed by atoms with Crippen LogP contribution in [0, 0.1) is 0 Å². The molecule has 3 rings (SSSR count). The minimum atomic E-state index is -3.34. The molecule has 0 spiro atoms. The average Bonchev–Trinajstić information content (AvgIpc) is 3.04. The molecule has 0 saturated heterocycles. The fraction of sp³-hybridized carbons (Fsp3) is 0.200. The number of hydrogen-bond acceptors (Lipinski definition) is 6. The van der Waals surface area contributed by atoms with Crippen LogP contribution < -0.4 is 5.73 Å². The Kier molecular flexibility index (Phi) is 5.79. The topological polar surface area (TPSA) is 107 Å². The Labute approximate surface area is 163 Å². The van der Waals surface area contributed by atoms with E-state index in [1.165, 1.54) is 23.1 Å². The molecule has 0 bridgehead atoms. The number of ether oxygens (including phenoxy) is 1. The Bertz CT molecular complexity index is 985. The molecule has 8 heteroatoms. The molecular formula is C20H20N2O5S. The smallest absolute Gasteiger partial charge is 0.338 e. The highest BCUT2D eigenvalue weighted by molar-refractivity contribution is 7.94. The average molecular weight is 400 g/mol. The lowest BCUT2D eigenvalue weighted by Crippen LogP contribution is -2.42. The molecule has 0 aromatic heterocycles. The van der Waals surface area contributed by atoms with E-state index >= 15 is 0 Å². The van der Waals surface area contributed by atoms with Crippen molar-refractivity contribution in [1.29, 1.82) is 0 Å². The molecule has 0 unspecified atom stereocenters. The molecule has 1 aliphatic heterocycles. The van der Waals surface area contributed by atoms with Crippen molar-refractivity contribution in [2.75, 3.05) is 18.1 Å². The standard InChI is InChI=1S/C20H20N2O5S/c21-17-8-6-16(7-9-17)20(24)27-13-19(23)22(12-15-4-2-1-3-5-15)18-10-11-28(25,26)14-18/h1-11,18H,12-14,21H2/t18-/m0/s1. The van der Waals surface area contributed by atoms with Crippen LogP contribution >= 0.6 is 0 Å². The fourth-order valence-corrected chi connectivity index (χ4v) is 4.14. The largest absolute Gasteiger partial charge is 0.452 e. The normalized spacial score (nSPS) is 17.2. The quantitative estimate of drug-likeness (QED) is 0.585. The lowest BCUT2D eigenvalue weighted by atomic mass is 10.1. The van der Waals surface area contributed by atoms with Crippen LogP contribution in [0.1, 0.15) is 15.9 Å². The molecule has 2 aromatic rings. The number of esters is 1. The molecule has 1 aliphatic rings. The van der Waals surface area contributed by atoms with Crippen molar-refractivity contribution in [1.82, 2.24) is 4.90 Å². The molecule has 0 radical (unpaired) electrons. The van der Waals surface area contributed by atoms with Gasteiger partial charge in [-0.15, -0.1) is 0 Å². The van der Waals surface area contributed by atoms with Crippen molar-refractivity contribution in [3.63, 3.8) is 0 Å². The maximum Gasteiger partial charge on any atom is 0.338 e. The molecule has 0 saturated carbocycles. The summed E-state index contributed by atoms with van der Waals surface area (Å²) in [4.78, 5) is 26.3. The molecule has 28 heavy (non-hydrogen) atoms. The van der Waals surface area contributed by atoms with Gasteiger partial charge >= 0.3 is 5.97 Å². The SMILES string of the molecule is Nc1ccc(C(=O)OCC(=O)N(Cc2ccccc2)[C@H]2C=CS(=O)(=O)C2)cc1. The van der Waals surface area contributed by atoms with Crippen molar-refractivity contribution >= 4 is 27.4 Å². The van der Waals surface area contributed by atoms with E-state index in [9.17, 15) is 18.0 Å². The summed E-state index contributed by atoms with van der Waals surface area (Å²) in [6, 6.07) is 14.7. The summed E-state index contributed by atoms with van der Waals surface area (Å²) >= 11 is 0. The van der Waals surface area contributed by atoms with Gasteiger partial charge in [0.2, 0.25) is 0 Å². The van der Waals surface area contributed by atoms with Crippen LogP contribution in [0.3, 0.4) is 0 Å². The molecule has 7 nitrogen and oxygen atoms in total. The zero-order chi connectivity index (χ0) is 20.1. The Balaban J connectivity index is 1.70. The third kappa shape index (κ3) is 4.98. The van der Waals surface area contributed by atoms with E-state index in [1.807, 2.05) is 30.3 Å². The summed E-state index contributed by atoms with van der Waals surface area (Å²) in [5.74, 6) is -1.31. The summed E-state index contributed by atoms with van der Waals surface area (Å²) < 4.78 is 28.7. The van der Waals surface area contributed by atoms with Gasteiger partial charge in [0.15, 0.2) is 16.4 Å². The first-order valence-electron chi connectivity index (χ1n) is 8.61. The van der Waals surface area contributed by atoms with E-state index in [1.54, 1.807) is 12.1 Å². The van der Waals surface area contributed by atoms with Crippen LogP contribution in [0.25, 0.3) is 0 Å². The van der Waals surface area contributed by atoms with E-state index in [0.29, 0.717) is 5.69 Å². The first kappa shape index (κ1) is 19.6. The first-order chi connectivity index (χ1) is 13.3. The Morgan fingerprint density at radius 3 is 2.36 bits per heavy atom. The van der Waals surface area contributed by atoms with Gasteiger partial charge in [-0.25, -0.2) is 13.2 Å². The van der Waals surface area contributed by atoms with E-state index in [2.05, 4.69) is 0 Å². The Hall–Kier alpha value is -3.13. The van der Waals surface area contributed by atoms with Crippen molar-refractivity contribution in [2.45, 2.75) is 12.6 Å². The summed E-state index contributed by atoms with van der Waals surface area (Å²) in [6.07, 6.45) is 1.48. The lowest BCUT2D eigenvalue weighted by molar-refractivity contribution is -0.136. The van der Waals surface area contributed by atoms with Gasteiger partial charge in [-0.2, -0.15) is 0 Å². The third-order valence-electron chi connectivity index (χ3n) is 4.30. The second-order valence-electron chi connectivity index (χ2n) is 6.43. The maximum atomic E-state index is 12.7. The Morgan fingerprint density at radius 2 is 1.75 bits per heavy atom. The molecule has 0 fully saturated rings. The number of benzene rings is 2. The van der Waals surface area contributed by atoms with Gasteiger partial charge in [-0.05, 0) is 35.9 Å². The van der Waals surface area contributed by atoms with Gasteiger partial charge < -0.3 is 15.4 Å². The highest BCUT2D eigenvalue weighted by atomic mass is 32.2. The molecule has 1 atom stereocenters. The number of amides is 1. The fourth-order valence-electron chi connectivity index (χ4n) is 2.84. The predicted octanol–water partition coefficient (Wildman–Crippen LogP) is 1.77. The van der Waals surface area contributed by atoms with Crippen LogP contribution in [0.5, 0.6) is 0 Å². The molecule has 2 aromatic carbocycles. The molecular weight excluding hydrogens is 380 g/mol. The van der Waals surface area contributed by atoms with E-state index in [0.717, 1.165) is 11.0 Å². The van der Waals surface area contributed by atoms with Crippen molar-refractivity contribution < 1.29 is 22.7 Å². The number of anilines is 1. The number of carbonyl (C=O) groups excluding carboxylic acids is 2. The van der Waals surface area contributed by atoms with Crippen LogP contribution in [0.4, 0.5) is 5.69 Å². The van der Waals surface area contributed by atoms with E-state index in [-0.39, 0.29) is 17.9 Å². The second-order valence-corrected chi connectivity index (χ2v) is 8.36. The first-order valence-corrected chi connectivity index (χ1v) is 10.3. The summed E-state index contributed by atoms with van der Waals surface area (Å²) in [5.41, 5.74) is 7.22. The van der Waals surface area contributed by atoms with Gasteiger partial charge in [-0.3, -0.25) is 4.79 Å². The molecule has 1 amide bonds. The third-order valence-corrected chi connectivity index (χ3v) is 5.68. The van der Waals surface area contributed by atoms with Gasteiger partial charge in [0.1, 0.15) is 0 Å². The van der Waals surface area contributed by atoms with Crippen LogP contribution in [-0.4, -0.2) is 43.6 Å². The van der Waals surface area contributed by atoms with Crippen LogP contribution in [0.2, 0.25) is 0 Å². The minimum absolute atomic E-state index is 0.183. The molecule has 2 N–H and O–H groups in total. The second kappa shape index (κ2) is 8.26. The highest BCUT2D eigenvalue weighted by Gasteiger charge is 2.30. The molecule has 0 aliphatic carbocycles. The van der Waals surface area contributed by atoms with Gasteiger partial charge in [0.25, 0.3) is 5.91 Å². The summed E-state index contributed by atoms with van der Waals surface area (Å²) in [6.45, 7) is -0.274. The van der Waals surface area contributed by atoms with Crippen molar-refractivity contribution in [3.8, 4) is 0 Å². The van der Waals surface area contributed by atoms with Gasteiger partial charge in [0.05, 0.1) is 17.4 Å². The van der Waals surface area contributed by atoms with Crippen molar-refractivity contribution in [3.05, 3.63) is 77.2 Å². The van der Waals surface area contributed by atoms with E-state index in [4.69, 9.17) is 10.5 Å². The number of carbonyl (C=O) groups is 2. The maximum absolute atomic E-state index is 12.7. The Morgan fingerprint density at radius 1 is 1.07 bits per heavy atom. The monoisotopic (exact) mass is 400 g/mol. The predicted molar refractivity (Wildman–Crippen MR) is 105 cm³/mol. The summed E-state index contributed by atoms with van der Waals surface area (Å²) in [5, 5.41) is 1.11. The number of hydrogen-bond donors (Lipinski definition) is 1. The van der Waals surface area contributed by atoms with Crippen LogP contribution in [-0.2, 0) is 25.9 Å². The number of nitrogens with zero attached hydrogens (tertiary/aromatic N) is 1. The number of nitrogens with two attached hydrogens (primary N) is 1. The van der Waals surface area contributed by atoms with Crippen LogP contribution in [0.15, 0.2) is 66.1 Å². The van der Waals surface area contributed by atoms with Crippen molar-refractivity contribution in [2.24, 2.45) is 0 Å². The zero-order valence-corrected chi connectivity index (χ0v) is 15.8. The van der Waals surface area contributed by atoms with Gasteiger partial charge in [0, 0.05) is 17.6 Å².